The molecule has 2 fully saturated rings. The predicted molar refractivity (Wildman–Crippen MR) is 114 cm³/mol. The quantitative estimate of drug-likeness (QED) is 0.789. The van der Waals surface area contributed by atoms with Crippen LogP contribution in [0.2, 0.25) is 0 Å². The van der Waals surface area contributed by atoms with Crippen molar-refractivity contribution in [2.45, 2.75) is 39.2 Å². The molecular formula is C22H31N5O2. The van der Waals surface area contributed by atoms with E-state index in [0.29, 0.717) is 26.2 Å². The molecule has 0 unspecified atom stereocenters. The number of fused-ring (bicyclic) bond motifs is 1. The minimum Gasteiger partial charge on any atom is -0.450 e. The van der Waals surface area contributed by atoms with E-state index >= 15 is 0 Å². The summed E-state index contributed by atoms with van der Waals surface area (Å²) in [6, 6.07) is 8.34. The van der Waals surface area contributed by atoms with Crippen LogP contribution in [-0.2, 0) is 11.3 Å². The van der Waals surface area contributed by atoms with Gasteiger partial charge in [0.25, 0.3) is 0 Å². The number of hydrogen-bond acceptors (Lipinski definition) is 6. The monoisotopic (exact) mass is 397 g/mol. The minimum atomic E-state index is -0.211. The van der Waals surface area contributed by atoms with Crippen LogP contribution in [0.4, 0.5) is 10.6 Å². The Balaban J connectivity index is 1.50. The molecule has 2 aliphatic heterocycles. The topological polar surface area (TPSA) is 61.8 Å². The SMILES string of the molecule is CCOC(=O)N1CCN(Cc2nc(N3CCCCCC3)c3ccccc3n2)CC1. The summed E-state index contributed by atoms with van der Waals surface area (Å²) < 4.78 is 5.11. The highest BCUT2D eigenvalue weighted by Crippen LogP contribution is 2.26. The van der Waals surface area contributed by atoms with E-state index in [1.807, 2.05) is 13.0 Å². The maximum Gasteiger partial charge on any atom is 0.409 e. The van der Waals surface area contributed by atoms with Gasteiger partial charge in [-0.05, 0) is 31.9 Å². The molecule has 0 saturated carbocycles. The van der Waals surface area contributed by atoms with Crippen LogP contribution in [0.3, 0.4) is 0 Å². The zero-order valence-electron chi connectivity index (χ0n) is 17.3. The Bertz CT molecular complexity index is 827. The normalized spacial score (nSPS) is 18.7. The second-order valence-electron chi connectivity index (χ2n) is 7.84. The molecule has 3 heterocycles. The molecule has 156 valence electrons. The second kappa shape index (κ2) is 9.39. The van der Waals surface area contributed by atoms with Crippen molar-refractivity contribution in [3.8, 4) is 0 Å². The van der Waals surface area contributed by atoms with E-state index in [9.17, 15) is 4.79 Å². The third-order valence-electron chi connectivity index (χ3n) is 5.80. The molecule has 1 aromatic heterocycles. The van der Waals surface area contributed by atoms with Gasteiger partial charge in [-0.15, -0.1) is 0 Å². The first kappa shape index (κ1) is 19.9. The number of anilines is 1. The average Bonchev–Trinajstić information content (AvgIpc) is 3.03. The van der Waals surface area contributed by atoms with Gasteiger partial charge >= 0.3 is 6.09 Å². The molecule has 7 nitrogen and oxygen atoms in total. The summed E-state index contributed by atoms with van der Waals surface area (Å²) in [5.41, 5.74) is 1.02. The van der Waals surface area contributed by atoms with E-state index < -0.39 is 0 Å². The molecule has 2 aromatic rings. The number of carbonyl (C=O) groups excluding carboxylic acids is 1. The lowest BCUT2D eigenvalue weighted by Crippen LogP contribution is -2.48. The summed E-state index contributed by atoms with van der Waals surface area (Å²) in [6.07, 6.45) is 4.85. The molecule has 2 saturated heterocycles. The number of piperazine rings is 1. The molecule has 0 radical (unpaired) electrons. The van der Waals surface area contributed by atoms with E-state index in [2.05, 4.69) is 28.0 Å². The molecule has 0 bridgehead atoms. The van der Waals surface area contributed by atoms with Crippen molar-refractivity contribution in [1.29, 1.82) is 0 Å². The number of aromatic nitrogens is 2. The Morgan fingerprint density at radius 1 is 0.966 bits per heavy atom. The molecule has 4 rings (SSSR count). The molecule has 2 aliphatic rings. The van der Waals surface area contributed by atoms with E-state index in [4.69, 9.17) is 14.7 Å². The molecule has 1 amide bonds. The highest BCUT2D eigenvalue weighted by atomic mass is 16.6. The number of ether oxygens (including phenoxy) is 1. The number of hydrogen-bond donors (Lipinski definition) is 0. The van der Waals surface area contributed by atoms with E-state index in [1.54, 1.807) is 4.90 Å². The summed E-state index contributed by atoms with van der Waals surface area (Å²) in [7, 11) is 0. The summed E-state index contributed by atoms with van der Waals surface area (Å²) in [5.74, 6) is 1.95. The Morgan fingerprint density at radius 2 is 1.69 bits per heavy atom. The maximum atomic E-state index is 11.9. The van der Waals surface area contributed by atoms with Crippen LogP contribution in [0.15, 0.2) is 24.3 Å². The summed E-state index contributed by atoms with van der Waals surface area (Å²) in [6.45, 7) is 8.11. The predicted octanol–water partition coefficient (Wildman–Crippen LogP) is 3.28. The third kappa shape index (κ3) is 4.78. The molecule has 0 aliphatic carbocycles. The van der Waals surface area contributed by atoms with Gasteiger partial charge in [-0.25, -0.2) is 14.8 Å². The Labute approximate surface area is 172 Å². The Kier molecular flexibility index (Phi) is 6.44. The van der Waals surface area contributed by atoms with E-state index in [0.717, 1.165) is 48.7 Å². The number of benzene rings is 1. The van der Waals surface area contributed by atoms with Gasteiger partial charge in [0.15, 0.2) is 0 Å². The first-order chi connectivity index (χ1) is 14.2. The molecule has 29 heavy (non-hydrogen) atoms. The smallest absolute Gasteiger partial charge is 0.409 e. The fraction of sp³-hybridized carbons (Fsp3) is 0.591. The third-order valence-corrected chi connectivity index (χ3v) is 5.80. The van der Waals surface area contributed by atoms with Gasteiger partial charge in [0.2, 0.25) is 0 Å². The molecule has 0 spiro atoms. The summed E-state index contributed by atoms with van der Waals surface area (Å²) in [4.78, 5) is 28.3. The molecule has 7 heteroatoms. The number of para-hydroxylation sites is 1. The maximum absolute atomic E-state index is 11.9. The lowest BCUT2D eigenvalue weighted by molar-refractivity contribution is 0.0772. The first-order valence-electron chi connectivity index (χ1n) is 10.9. The first-order valence-corrected chi connectivity index (χ1v) is 10.9. The van der Waals surface area contributed by atoms with Crippen LogP contribution in [0.1, 0.15) is 38.4 Å². The van der Waals surface area contributed by atoms with Crippen molar-refractivity contribution in [2.75, 3.05) is 50.8 Å². The fourth-order valence-electron chi connectivity index (χ4n) is 4.20. The van der Waals surface area contributed by atoms with Crippen molar-refractivity contribution < 1.29 is 9.53 Å². The van der Waals surface area contributed by atoms with Crippen molar-refractivity contribution >= 4 is 22.8 Å². The van der Waals surface area contributed by atoms with Gasteiger partial charge in [0, 0.05) is 44.7 Å². The number of amides is 1. The highest BCUT2D eigenvalue weighted by Gasteiger charge is 2.23. The van der Waals surface area contributed by atoms with Crippen molar-refractivity contribution in [1.82, 2.24) is 19.8 Å². The van der Waals surface area contributed by atoms with Crippen LogP contribution in [0.5, 0.6) is 0 Å². The lowest BCUT2D eigenvalue weighted by atomic mass is 10.2. The van der Waals surface area contributed by atoms with E-state index in [-0.39, 0.29) is 6.09 Å². The van der Waals surface area contributed by atoms with Crippen LogP contribution < -0.4 is 4.90 Å². The highest BCUT2D eigenvalue weighted by molar-refractivity contribution is 5.89. The van der Waals surface area contributed by atoms with Crippen LogP contribution >= 0.6 is 0 Å². The van der Waals surface area contributed by atoms with Crippen molar-refractivity contribution in [3.05, 3.63) is 30.1 Å². The van der Waals surface area contributed by atoms with Gasteiger partial charge in [-0.1, -0.05) is 25.0 Å². The fourth-order valence-corrected chi connectivity index (χ4v) is 4.20. The van der Waals surface area contributed by atoms with Crippen LogP contribution in [0, 0.1) is 0 Å². The Hall–Kier alpha value is -2.41. The summed E-state index contributed by atoms with van der Waals surface area (Å²) >= 11 is 0. The van der Waals surface area contributed by atoms with E-state index in [1.165, 1.54) is 25.7 Å². The standard InChI is InChI=1S/C22H31N5O2/c1-2-29-22(28)27-15-13-25(14-16-27)17-20-23-19-10-6-5-9-18(19)21(24-20)26-11-7-3-4-8-12-26/h5-6,9-10H,2-4,7-8,11-17H2,1H3. The molecule has 0 atom stereocenters. The lowest BCUT2D eigenvalue weighted by Gasteiger charge is -2.33. The van der Waals surface area contributed by atoms with Gasteiger partial charge in [-0.2, -0.15) is 0 Å². The van der Waals surface area contributed by atoms with Gasteiger partial charge in [0.05, 0.1) is 18.7 Å². The molecule has 0 N–H and O–H groups in total. The zero-order valence-corrected chi connectivity index (χ0v) is 17.3. The molecule has 1 aromatic carbocycles. The number of carbonyl (C=O) groups is 1. The Morgan fingerprint density at radius 3 is 2.41 bits per heavy atom. The van der Waals surface area contributed by atoms with Crippen LogP contribution in [0.25, 0.3) is 10.9 Å². The second-order valence-corrected chi connectivity index (χ2v) is 7.84. The van der Waals surface area contributed by atoms with Gasteiger partial charge in [-0.3, -0.25) is 4.90 Å². The van der Waals surface area contributed by atoms with Crippen LogP contribution in [-0.4, -0.2) is 71.7 Å². The minimum absolute atomic E-state index is 0.211. The summed E-state index contributed by atoms with van der Waals surface area (Å²) in [5, 5.41) is 1.14. The molecular weight excluding hydrogens is 366 g/mol. The largest absolute Gasteiger partial charge is 0.450 e. The average molecular weight is 398 g/mol. The van der Waals surface area contributed by atoms with Crippen molar-refractivity contribution in [3.63, 3.8) is 0 Å². The van der Waals surface area contributed by atoms with Gasteiger partial charge < -0.3 is 14.5 Å². The number of rotatable bonds is 4. The van der Waals surface area contributed by atoms with Crippen molar-refractivity contribution in [2.24, 2.45) is 0 Å². The zero-order chi connectivity index (χ0) is 20.1. The van der Waals surface area contributed by atoms with Gasteiger partial charge in [0.1, 0.15) is 11.6 Å². The number of nitrogens with zero attached hydrogens (tertiary/aromatic N) is 5.